The number of rotatable bonds is 4. The first-order valence-electron chi connectivity index (χ1n) is 5.80. The van der Waals surface area contributed by atoms with E-state index in [1.165, 1.54) is 20.5 Å². The number of halogens is 1. The van der Waals surface area contributed by atoms with Gasteiger partial charge in [0, 0.05) is 20.7 Å². The fourth-order valence-electron chi connectivity index (χ4n) is 1.78. The molecular weight excluding hydrogens is 373 g/mol. The largest absolute Gasteiger partial charge is 0.477 e. The Bertz CT molecular complexity index is 622. The second kappa shape index (κ2) is 5.92. The molecule has 0 aliphatic rings. The summed E-state index contributed by atoms with van der Waals surface area (Å²) in [4.78, 5) is 12.4. The monoisotopic (exact) mass is 387 g/mol. The van der Waals surface area contributed by atoms with Crippen LogP contribution >= 0.6 is 33.9 Å². The van der Waals surface area contributed by atoms with Gasteiger partial charge in [-0.25, -0.2) is 4.79 Å². The third kappa shape index (κ3) is 3.48. The normalized spacial score (nSPS) is 10.5. The van der Waals surface area contributed by atoms with E-state index < -0.39 is 5.97 Å². The molecule has 2 rings (SSSR count). The average Bonchev–Trinajstić information content (AvgIpc) is 2.72. The van der Waals surface area contributed by atoms with E-state index in [4.69, 9.17) is 5.11 Å². The molecule has 0 amide bonds. The smallest absolute Gasteiger partial charge is 0.345 e. The molecule has 3 nitrogen and oxygen atoms in total. The Kier molecular flexibility index (Phi) is 4.46. The number of thiophene rings is 1. The van der Waals surface area contributed by atoms with E-state index in [-0.39, 0.29) is 0 Å². The Morgan fingerprint density at radius 1 is 1.37 bits per heavy atom. The van der Waals surface area contributed by atoms with Crippen molar-refractivity contribution < 1.29 is 9.90 Å². The molecule has 0 radical (unpaired) electrons. The second-order valence-corrected chi connectivity index (χ2v) is 6.81. The van der Waals surface area contributed by atoms with Crippen LogP contribution in [0, 0.1) is 17.4 Å². The number of hydrogen-bond donors (Lipinski definition) is 2. The summed E-state index contributed by atoms with van der Waals surface area (Å²) in [6.07, 6.45) is 0. The summed E-state index contributed by atoms with van der Waals surface area (Å²) < 4.78 is 1.18. The van der Waals surface area contributed by atoms with E-state index in [0.29, 0.717) is 11.4 Å². The molecule has 0 unspecified atom stereocenters. The van der Waals surface area contributed by atoms with Crippen LogP contribution in [0.3, 0.4) is 0 Å². The number of hydrogen-bond acceptors (Lipinski definition) is 3. The molecule has 5 heteroatoms. The van der Waals surface area contributed by atoms with Gasteiger partial charge in [0.2, 0.25) is 0 Å². The SMILES string of the molecule is Cc1ccc(I)cc1NCc1cc(C(=O)O)sc1C. The highest BCUT2D eigenvalue weighted by molar-refractivity contribution is 14.1. The van der Waals surface area contributed by atoms with Crippen LogP contribution in [0.25, 0.3) is 0 Å². The fourth-order valence-corrected chi connectivity index (χ4v) is 3.15. The lowest BCUT2D eigenvalue weighted by molar-refractivity contribution is 0.0702. The quantitative estimate of drug-likeness (QED) is 0.770. The maximum Gasteiger partial charge on any atom is 0.345 e. The van der Waals surface area contributed by atoms with Crippen LogP contribution in [0.2, 0.25) is 0 Å². The zero-order valence-corrected chi connectivity index (χ0v) is 13.6. The summed E-state index contributed by atoms with van der Waals surface area (Å²) in [6, 6.07) is 7.99. The van der Waals surface area contributed by atoms with Crippen molar-refractivity contribution in [3.63, 3.8) is 0 Å². The zero-order valence-electron chi connectivity index (χ0n) is 10.7. The Labute approximate surface area is 129 Å². The van der Waals surface area contributed by atoms with Crippen LogP contribution in [0.4, 0.5) is 5.69 Å². The van der Waals surface area contributed by atoms with Gasteiger partial charge in [0.25, 0.3) is 0 Å². The molecule has 0 spiro atoms. The lowest BCUT2D eigenvalue weighted by Gasteiger charge is -2.09. The minimum atomic E-state index is -0.857. The highest BCUT2D eigenvalue weighted by Gasteiger charge is 2.11. The Balaban J connectivity index is 2.14. The highest BCUT2D eigenvalue weighted by Crippen LogP contribution is 2.24. The van der Waals surface area contributed by atoms with Crippen molar-refractivity contribution >= 4 is 45.6 Å². The number of carbonyl (C=O) groups is 1. The minimum Gasteiger partial charge on any atom is -0.477 e. The molecule has 0 saturated heterocycles. The molecule has 0 fully saturated rings. The van der Waals surface area contributed by atoms with Crippen LogP contribution < -0.4 is 5.32 Å². The molecule has 1 aromatic carbocycles. The van der Waals surface area contributed by atoms with Gasteiger partial charge in [0.15, 0.2) is 0 Å². The lowest BCUT2D eigenvalue weighted by atomic mass is 10.2. The summed E-state index contributed by atoms with van der Waals surface area (Å²) >= 11 is 3.60. The van der Waals surface area contributed by atoms with Crippen LogP contribution in [-0.2, 0) is 6.54 Å². The molecule has 2 N–H and O–H groups in total. The summed E-state index contributed by atoms with van der Waals surface area (Å²) in [6.45, 7) is 4.66. The van der Waals surface area contributed by atoms with Gasteiger partial charge in [-0.15, -0.1) is 11.3 Å². The molecule has 0 saturated carbocycles. The van der Waals surface area contributed by atoms with E-state index in [2.05, 4.69) is 53.0 Å². The van der Waals surface area contributed by atoms with Crippen molar-refractivity contribution in [1.82, 2.24) is 0 Å². The van der Waals surface area contributed by atoms with Gasteiger partial charge in [0.05, 0.1) is 0 Å². The first-order valence-corrected chi connectivity index (χ1v) is 7.69. The molecule has 19 heavy (non-hydrogen) atoms. The van der Waals surface area contributed by atoms with Crippen molar-refractivity contribution in [2.24, 2.45) is 0 Å². The van der Waals surface area contributed by atoms with Crippen molar-refractivity contribution in [3.8, 4) is 0 Å². The number of aryl methyl sites for hydroxylation is 2. The summed E-state index contributed by atoms with van der Waals surface area (Å²) in [5.74, 6) is -0.857. The maximum atomic E-state index is 10.9. The second-order valence-electron chi connectivity index (χ2n) is 4.31. The number of nitrogens with one attached hydrogen (secondary N) is 1. The molecular formula is C14H14INO2S. The fraction of sp³-hybridized carbons (Fsp3) is 0.214. The maximum absolute atomic E-state index is 10.9. The Hall–Kier alpha value is -1.08. The van der Waals surface area contributed by atoms with Gasteiger partial charge in [0.1, 0.15) is 4.88 Å². The van der Waals surface area contributed by atoms with Crippen LogP contribution in [0.15, 0.2) is 24.3 Å². The molecule has 1 heterocycles. The third-order valence-corrected chi connectivity index (χ3v) is 4.65. The Morgan fingerprint density at radius 2 is 2.11 bits per heavy atom. The molecule has 1 aromatic heterocycles. The molecule has 0 aliphatic heterocycles. The van der Waals surface area contributed by atoms with E-state index in [1.807, 2.05) is 6.92 Å². The molecule has 100 valence electrons. The average molecular weight is 387 g/mol. The lowest BCUT2D eigenvalue weighted by Crippen LogP contribution is -2.01. The number of anilines is 1. The van der Waals surface area contributed by atoms with Gasteiger partial charge in [-0.1, -0.05) is 6.07 Å². The van der Waals surface area contributed by atoms with Crippen LogP contribution in [0.5, 0.6) is 0 Å². The third-order valence-electron chi connectivity index (χ3n) is 2.90. The topological polar surface area (TPSA) is 49.3 Å². The number of aromatic carboxylic acids is 1. The summed E-state index contributed by atoms with van der Waals surface area (Å²) in [7, 11) is 0. The van der Waals surface area contributed by atoms with Gasteiger partial charge in [-0.05, 0) is 65.8 Å². The molecule has 0 bridgehead atoms. The predicted octanol–water partition coefficient (Wildman–Crippen LogP) is 4.28. The number of carboxylic acid groups (broad SMARTS) is 1. The van der Waals surface area contributed by atoms with Crippen molar-refractivity contribution in [1.29, 1.82) is 0 Å². The highest BCUT2D eigenvalue weighted by atomic mass is 127. The molecule has 2 aromatic rings. The van der Waals surface area contributed by atoms with E-state index in [0.717, 1.165) is 16.1 Å². The van der Waals surface area contributed by atoms with Gasteiger partial charge >= 0.3 is 5.97 Å². The van der Waals surface area contributed by atoms with Gasteiger partial charge in [-0.3, -0.25) is 0 Å². The van der Waals surface area contributed by atoms with Crippen molar-refractivity contribution in [3.05, 3.63) is 48.7 Å². The van der Waals surface area contributed by atoms with E-state index in [9.17, 15) is 4.79 Å². The van der Waals surface area contributed by atoms with E-state index >= 15 is 0 Å². The van der Waals surface area contributed by atoms with Crippen LogP contribution in [-0.4, -0.2) is 11.1 Å². The summed E-state index contributed by atoms with van der Waals surface area (Å²) in [5, 5.41) is 12.3. The van der Waals surface area contributed by atoms with Crippen molar-refractivity contribution in [2.45, 2.75) is 20.4 Å². The van der Waals surface area contributed by atoms with Gasteiger partial charge in [-0.2, -0.15) is 0 Å². The molecule has 0 atom stereocenters. The van der Waals surface area contributed by atoms with Crippen LogP contribution in [0.1, 0.15) is 25.7 Å². The minimum absolute atomic E-state index is 0.397. The zero-order chi connectivity index (χ0) is 14.0. The first kappa shape index (κ1) is 14.3. The molecule has 0 aliphatic carbocycles. The van der Waals surface area contributed by atoms with E-state index in [1.54, 1.807) is 6.07 Å². The standard InChI is InChI=1S/C14H14INO2S/c1-8-3-4-11(15)6-12(8)16-7-10-5-13(14(17)18)19-9(10)2/h3-6,16H,7H2,1-2H3,(H,17,18). The summed E-state index contributed by atoms with van der Waals surface area (Å²) in [5.41, 5.74) is 3.32. The Morgan fingerprint density at radius 3 is 2.74 bits per heavy atom. The van der Waals surface area contributed by atoms with Gasteiger partial charge < -0.3 is 10.4 Å². The number of carboxylic acids is 1. The number of benzene rings is 1. The first-order chi connectivity index (χ1) is 8.97. The predicted molar refractivity (Wildman–Crippen MR) is 87.2 cm³/mol. The van der Waals surface area contributed by atoms with Crippen molar-refractivity contribution in [2.75, 3.05) is 5.32 Å².